The number of nitrogens with zero attached hydrogens (tertiary/aromatic N) is 2. The van der Waals surface area contributed by atoms with Gasteiger partial charge >= 0.3 is 0 Å². The summed E-state index contributed by atoms with van der Waals surface area (Å²) in [4.78, 5) is 5.58. The van der Waals surface area contributed by atoms with Crippen LogP contribution in [0.2, 0.25) is 0 Å². The van der Waals surface area contributed by atoms with Gasteiger partial charge in [0.15, 0.2) is 0 Å². The van der Waals surface area contributed by atoms with Crippen molar-refractivity contribution >= 4 is 5.84 Å². The largest absolute Gasteiger partial charge is 0.388 e. The summed E-state index contributed by atoms with van der Waals surface area (Å²) in [5.74, 6) is 0.595. The molecule has 1 aliphatic heterocycles. The van der Waals surface area contributed by atoms with E-state index in [9.17, 15) is 0 Å². The summed E-state index contributed by atoms with van der Waals surface area (Å²) in [6.07, 6.45) is 0. The molecular weight excluding hydrogens is 120 g/mol. The highest BCUT2D eigenvalue weighted by molar-refractivity contribution is 5.84. The first-order valence-corrected chi connectivity index (χ1v) is 2.88. The van der Waals surface area contributed by atoms with E-state index in [1.807, 2.05) is 0 Å². The minimum Gasteiger partial charge on any atom is -0.388 e. The fraction of sp³-hybridized carbons (Fsp3) is 0.800. The minimum absolute atomic E-state index is 0.0423. The molecule has 0 unspecified atom stereocenters. The van der Waals surface area contributed by atoms with Crippen molar-refractivity contribution in [3.05, 3.63) is 0 Å². The van der Waals surface area contributed by atoms with Crippen molar-refractivity contribution in [2.24, 2.45) is 4.99 Å². The van der Waals surface area contributed by atoms with Crippen molar-refractivity contribution in [2.75, 3.05) is 26.4 Å². The van der Waals surface area contributed by atoms with Crippen LogP contribution in [0.15, 0.2) is 4.99 Å². The summed E-state index contributed by atoms with van der Waals surface area (Å²) in [6, 6.07) is 0. The fourth-order valence-corrected chi connectivity index (χ4v) is 0.831. The van der Waals surface area contributed by atoms with E-state index in [4.69, 9.17) is 10.2 Å². The van der Waals surface area contributed by atoms with Gasteiger partial charge < -0.3 is 15.1 Å². The summed E-state index contributed by atoms with van der Waals surface area (Å²) in [7, 11) is 0. The van der Waals surface area contributed by atoms with E-state index in [2.05, 4.69) is 4.99 Å². The van der Waals surface area contributed by atoms with Crippen molar-refractivity contribution in [1.29, 1.82) is 0 Å². The Kier molecular flexibility index (Phi) is 2.02. The molecule has 1 rings (SSSR count). The van der Waals surface area contributed by atoms with Gasteiger partial charge in [-0.3, -0.25) is 4.99 Å². The molecule has 0 aliphatic carbocycles. The zero-order valence-electron chi connectivity index (χ0n) is 5.12. The number of aliphatic hydroxyl groups is 2. The van der Waals surface area contributed by atoms with Gasteiger partial charge in [-0.15, -0.1) is 0 Å². The van der Waals surface area contributed by atoms with Crippen LogP contribution in [0, 0.1) is 0 Å². The van der Waals surface area contributed by atoms with Crippen molar-refractivity contribution < 1.29 is 10.2 Å². The summed E-state index contributed by atoms with van der Waals surface area (Å²) < 4.78 is 0. The molecule has 4 nitrogen and oxygen atoms in total. The third-order valence-electron chi connectivity index (χ3n) is 1.34. The SMILES string of the molecule is OCC1=NCCN1CO. The molecule has 0 aromatic rings. The molecule has 0 saturated carbocycles. The summed E-state index contributed by atoms with van der Waals surface area (Å²) in [5.41, 5.74) is 0. The van der Waals surface area contributed by atoms with Gasteiger partial charge in [0.25, 0.3) is 0 Å². The van der Waals surface area contributed by atoms with Gasteiger partial charge in [0.2, 0.25) is 0 Å². The third-order valence-corrected chi connectivity index (χ3v) is 1.34. The predicted octanol–water partition coefficient (Wildman–Crippen LogP) is -1.36. The highest BCUT2D eigenvalue weighted by Crippen LogP contribution is 1.97. The van der Waals surface area contributed by atoms with Crippen LogP contribution >= 0.6 is 0 Å². The lowest BCUT2D eigenvalue weighted by molar-refractivity contribution is 0.172. The van der Waals surface area contributed by atoms with Crippen LogP contribution in [-0.4, -0.2) is 47.4 Å². The van der Waals surface area contributed by atoms with Crippen LogP contribution in [-0.2, 0) is 0 Å². The first-order valence-electron chi connectivity index (χ1n) is 2.88. The molecule has 1 aliphatic rings. The Bertz CT molecular complexity index is 124. The second-order valence-electron chi connectivity index (χ2n) is 1.86. The van der Waals surface area contributed by atoms with Crippen LogP contribution in [0.3, 0.4) is 0 Å². The smallest absolute Gasteiger partial charge is 0.127 e. The standard InChI is InChI=1S/C5H10N2O2/c8-3-5-6-1-2-7(5)4-9/h8-9H,1-4H2. The molecule has 9 heavy (non-hydrogen) atoms. The first kappa shape index (κ1) is 6.51. The molecule has 0 fully saturated rings. The lowest BCUT2D eigenvalue weighted by atomic mass is 10.5. The maximum Gasteiger partial charge on any atom is 0.127 e. The summed E-state index contributed by atoms with van der Waals surface area (Å²) in [6.45, 7) is 1.31. The predicted molar refractivity (Wildman–Crippen MR) is 33.2 cm³/mol. The number of amidine groups is 1. The topological polar surface area (TPSA) is 56.1 Å². The minimum atomic E-state index is -0.0689. The lowest BCUT2D eigenvalue weighted by Gasteiger charge is -2.14. The Morgan fingerprint density at radius 3 is 2.78 bits per heavy atom. The van der Waals surface area contributed by atoms with E-state index in [1.165, 1.54) is 0 Å². The zero-order valence-corrected chi connectivity index (χ0v) is 5.12. The second kappa shape index (κ2) is 2.80. The zero-order chi connectivity index (χ0) is 6.69. The molecule has 1 heterocycles. The van der Waals surface area contributed by atoms with Crippen LogP contribution < -0.4 is 0 Å². The molecule has 0 aromatic carbocycles. The van der Waals surface area contributed by atoms with E-state index in [0.717, 1.165) is 6.54 Å². The molecule has 0 atom stereocenters. The van der Waals surface area contributed by atoms with Crippen LogP contribution in [0.1, 0.15) is 0 Å². The number of hydrogen-bond acceptors (Lipinski definition) is 4. The van der Waals surface area contributed by atoms with E-state index in [-0.39, 0.29) is 13.3 Å². The van der Waals surface area contributed by atoms with E-state index in [0.29, 0.717) is 12.4 Å². The van der Waals surface area contributed by atoms with Gasteiger partial charge in [0.1, 0.15) is 19.2 Å². The van der Waals surface area contributed by atoms with Crippen LogP contribution in [0.25, 0.3) is 0 Å². The monoisotopic (exact) mass is 130 g/mol. The molecule has 52 valence electrons. The lowest BCUT2D eigenvalue weighted by Crippen LogP contribution is -2.30. The van der Waals surface area contributed by atoms with E-state index in [1.54, 1.807) is 4.90 Å². The fourth-order valence-electron chi connectivity index (χ4n) is 0.831. The molecule has 0 aromatic heterocycles. The third kappa shape index (κ3) is 1.20. The molecule has 0 bridgehead atoms. The Labute approximate surface area is 53.4 Å². The Morgan fingerprint density at radius 2 is 2.33 bits per heavy atom. The number of rotatable bonds is 2. The molecule has 0 radical (unpaired) electrons. The normalized spacial score (nSPS) is 18.4. The van der Waals surface area contributed by atoms with Gasteiger partial charge in [0.05, 0.1) is 6.54 Å². The quantitative estimate of drug-likeness (QED) is 0.485. The molecule has 0 saturated heterocycles. The van der Waals surface area contributed by atoms with Gasteiger partial charge in [-0.2, -0.15) is 0 Å². The van der Waals surface area contributed by atoms with Crippen LogP contribution in [0.4, 0.5) is 0 Å². The second-order valence-corrected chi connectivity index (χ2v) is 1.86. The van der Waals surface area contributed by atoms with Crippen molar-refractivity contribution in [3.8, 4) is 0 Å². The molecule has 2 N–H and O–H groups in total. The summed E-state index contributed by atoms with van der Waals surface area (Å²) in [5, 5.41) is 17.2. The Morgan fingerprint density at radius 1 is 1.56 bits per heavy atom. The first-order chi connectivity index (χ1) is 4.38. The molecule has 4 heteroatoms. The Balaban J connectivity index is 2.47. The number of hydrogen-bond donors (Lipinski definition) is 2. The molecule has 0 spiro atoms. The number of aliphatic hydroxyl groups excluding tert-OH is 2. The maximum absolute atomic E-state index is 8.60. The maximum atomic E-state index is 8.60. The van der Waals surface area contributed by atoms with Crippen molar-refractivity contribution in [1.82, 2.24) is 4.90 Å². The van der Waals surface area contributed by atoms with Gasteiger partial charge in [0, 0.05) is 6.54 Å². The highest BCUT2D eigenvalue weighted by Gasteiger charge is 2.13. The average molecular weight is 130 g/mol. The highest BCUT2D eigenvalue weighted by atomic mass is 16.3. The Hall–Kier alpha value is -0.610. The van der Waals surface area contributed by atoms with Gasteiger partial charge in [-0.05, 0) is 0 Å². The van der Waals surface area contributed by atoms with E-state index < -0.39 is 0 Å². The number of aliphatic imine (C=N–C) groups is 1. The van der Waals surface area contributed by atoms with Crippen molar-refractivity contribution in [2.45, 2.75) is 0 Å². The van der Waals surface area contributed by atoms with Gasteiger partial charge in [-0.25, -0.2) is 0 Å². The van der Waals surface area contributed by atoms with Crippen LogP contribution in [0.5, 0.6) is 0 Å². The molecular formula is C5H10N2O2. The van der Waals surface area contributed by atoms with Gasteiger partial charge in [-0.1, -0.05) is 0 Å². The van der Waals surface area contributed by atoms with Crippen molar-refractivity contribution in [3.63, 3.8) is 0 Å². The summed E-state index contributed by atoms with van der Waals surface area (Å²) >= 11 is 0. The van der Waals surface area contributed by atoms with E-state index >= 15 is 0 Å². The molecule has 0 amide bonds. The average Bonchev–Trinajstić information content (AvgIpc) is 2.33.